The average molecular weight is 226 g/mol. The molecular formula is C6H11O7P. The zero-order valence-electron chi connectivity index (χ0n) is 7.77. The first-order valence-corrected chi connectivity index (χ1v) is 4.75. The third-order valence-electron chi connectivity index (χ3n) is 1.07. The maximum atomic E-state index is 10.8. The second-order valence-electron chi connectivity index (χ2n) is 1.98. The van der Waals surface area contributed by atoms with Gasteiger partial charge in [-0.2, -0.15) is 0 Å². The van der Waals surface area contributed by atoms with Crippen LogP contribution in [0.1, 0.15) is 0 Å². The highest BCUT2D eigenvalue weighted by atomic mass is 31.1. The largest absolute Gasteiger partial charge is 0.467 e. The van der Waals surface area contributed by atoms with Crippen LogP contribution in [0.5, 0.6) is 0 Å². The molecule has 0 bridgehead atoms. The molecule has 0 fully saturated rings. The van der Waals surface area contributed by atoms with E-state index in [9.17, 15) is 14.2 Å². The fourth-order valence-electron chi connectivity index (χ4n) is 0.395. The standard InChI is InChI=1S/C6H11O7P/c1-10-5(7)3-12-14(9)13-4-6(8)11-2/h14H,3-4H2,1-2H3. The summed E-state index contributed by atoms with van der Waals surface area (Å²) in [4.78, 5) is 21.0. The quantitative estimate of drug-likeness (QED) is 0.456. The number of hydrogen-bond acceptors (Lipinski definition) is 7. The molecule has 0 saturated carbocycles. The van der Waals surface area contributed by atoms with Crippen LogP contribution in [0.15, 0.2) is 0 Å². The molecule has 82 valence electrons. The Labute approximate surface area is 81.2 Å². The van der Waals surface area contributed by atoms with Crippen LogP contribution in [0.2, 0.25) is 0 Å². The minimum absolute atomic E-state index is 0.477. The lowest BCUT2D eigenvalue weighted by Gasteiger charge is -2.03. The van der Waals surface area contributed by atoms with Gasteiger partial charge in [-0.05, 0) is 0 Å². The van der Waals surface area contributed by atoms with Gasteiger partial charge in [-0.15, -0.1) is 0 Å². The summed E-state index contributed by atoms with van der Waals surface area (Å²) in [6.07, 6.45) is 0. The Morgan fingerprint density at radius 1 is 1.00 bits per heavy atom. The highest BCUT2D eigenvalue weighted by molar-refractivity contribution is 7.33. The molecule has 0 N–H and O–H groups in total. The molecule has 0 radical (unpaired) electrons. The predicted octanol–water partition coefficient (Wildman–Crippen LogP) is -0.245. The first-order valence-electron chi connectivity index (χ1n) is 3.53. The van der Waals surface area contributed by atoms with Gasteiger partial charge in [-0.25, -0.2) is 9.59 Å². The number of methoxy groups -OCH3 is 2. The van der Waals surface area contributed by atoms with Crippen LogP contribution >= 0.6 is 8.25 Å². The lowest BCUT2D eigenvalue weighted by atomic mass is 10.8. The minimum Gasteiger partial charge on any atom is -0.467 e. The summed E-state index contributed by atoms with van der Waals surface area (Å²) in [5.74, 6) is -1.35. The summed E-state index contributed by atoms with van der Waals surface area (Å²) < 4.78 is 28.1. The molecule has 0 amide bonds. The molecule has 8 heteroatoms. The molecule has 0 saturated heterocycles. The molecular weight excluding hydrogens is 215 g/mol. The lowest BCUT2D eigenvalue weighted by molar-refractivity contribution is -0.143. The Morgan fingerprint density at radius 3 is 1.64 bits per heavy atom. The molecule has 0 aromatic heterocycles. The zero-order chi connectivity index (χ0) is 11.0. The van der Waals surface area contributed by atoms with Crippen LogP contribution in [0.4, 0.5) is 0 Å². The molecule has 0 aliphatic rings. The molecule has 0 unspecified atom stereocenters. The number of carbonyl (C=O) groups is 2. The van der Waals surface area contributed by atoms with Crippen LogP contribution in [-0.4, -0.2) is 39.4 Å². The SMILES string of the molecule is COC(=O)CO[PH](=O)OCC(=O)OC. The first-order chi connectivity index (χ1) is 6.60. The number of carbonyl (C=O) groups excluding carboxylic acids is 2. The molecule has 0 atom stereocenters. The van der Waals surface area contributed by atoms with Crippen molar-refractivity contribution in [2.75, 3.05) is 27.4 Å². The van der Waals surface area contributed by atoms with Gasteiger partial charge in [0.05, 0.1) is 14.2 Å². The molecule has 0 heterocycles. The van der Waals surface area contributed by atoms with Crippen molar-refractivity contribution in [3.63, 3.8) is 0 Å². The van der Waals surface area contributed by atoms with Gasteiger partial charge in [0.2, 0.25) is 0 Å². The summed E-state index contributed by atoms with van der Waals surface area (Å²) in [6, 6.07) is 0. The van der Waals surface area contributed by atoms with Crippen molar-refractivity contribution in [1.82, 2.24) is 0 Å². The van der Waals surface area contributed by atoms with E-state index in [1.165, 1.54) is 0 Å². The van der Waals surface area contributed by atoms with Gasteiger partial charge < -0.3 is 9.47 Å². The maximum absolute atomic E-state index is 10.8. The lowest BCUT2D eigenvalue weighted by Crippen LogP contribution is -2.10. The van der Waals surface area contributed by atoms with Crippen LogP contribution in [-0.2, 0) is 32.7 Å². The van der Waals surface area contributed by atoms with E-state index in [4.69, 9.17) is 0 Å². The van der Waals surface area contributed by atoms with E-state index in [2.05, 4.69) is 18.5 Å². The molecule has 0 spiro atoms. The molecule has 0 aromatic carbocycles. The monoisotopic (exact) mass is 226 g/mol. The second kappa shape index (κ2) is 7.49. The smallest absolute Gasteiger partial charge is 0.332 e. The molecule has 7 nitrogen and oxygen atoms in total. The Hall–Kier alpha value is -0.910. The van der Waals surface area contributed by atoms with Gasteiger partial charge in [0, 0.05) is 0 Å². The predicted molar refractivity (Wildman–Crippen MR) is 44.9 cm³/mol. The number of ether oxygens (including phenoxy) is 2. The number of esters is 2. The fourth-order valence-corrected chi connectivity index (χ4v) is 0.950. The molecule has 14 heavy (non-hydrogen) atoms. The average Bonchev–Trinajstić information content (AvgIpc) is 2.22. The van der Waals surface area contributed by atoms with E-state index in [1.54, 1.807) is 0 Å². The Bertz CT molecular complexity index is 204. The zero-order valence-corrected chi connectivity index (χ0v) is 8.77. The van der Waals surface area contributed by atoms with E-state index in [0.29, 0.717) is 0 Å². The van der Waals surface area contributed by atoms with E-state index < -0.39 is 33.4 Å². The van der Waals surface area contributed by atoms with Crippen molar-refractivity contribution in [3.8, 4) is 0 Å². The molecule has 0 aliphatic heterocycles. The topological polar surface area (TPSA) is 88.1 Å². The Balaban J connectivity index is 3.56. The van der Waals surface area contributed by atoms with Gasteiger partial charge in [-0.3, -0.25) is 13.6 Å². The molecule has 0 aliphatic carbocycles. The number of hydrogen-bond donors (Lipinski definition) is 0. The summed E-state index contributed by atoms with van der Waals surface area (Å²) >= 11 is 0. The van der Waals surface area contributed by atoms with Crippen LogP contribution in [0.3, 0.4) is 0 Å². The van der Waals surface area contributed by atoms with Gasteiger partial charge >= 0.3 is 20.2 Å². The van der Waals surface area contributed by atoms with E-state index in [-0.39, 0.29) is 0 Å². The van der Waals surface area contributed by atoms with Gasteiger partial charge in [0.15, 0.2) is 13.2 Å². The third kappa shape index (κ3) is 6.59. The van der Waals surface area contributed by atoms with Crippen molar-refractivity contribution < 1.29 is 32.7 Å². The number of rotatable bonds is 6. The van der Waals surface area contributed by atoms with Crippen LogP contribution in [0.25, 0.3) is 0 Å². The maximum Gasteiger partial charge on any atom is 0.332 e. The van der Waals surface area contributed by atoms with E-state index in [1.807, 2.05) is 0 Å². The van der Waals surface area contributed by atoms with Crippen molar-refractivity contribution in [2.24, 2.45) is 0 Å². The third-order valence-corrected chi connectivity index (χ3v) is 1.83. The highest BCUT2D eigenvalue weighted by Gasteiger charge is 2.08. The summed E-state index contributed by atoms with van der Waals surface area (Å²) in [5, 5.41) is 0. The summed E-state index contributed by atoms with van der Waals surface area (Å²) in [6.45, 7) is -0.953. The summed E-state index contributed by atoms with van der Waals surface area (Å²) in [5.41, 5.74) is 0. The normalized spacial score (nSPS) is 9.93. The van der Waals surface area contributed by atoms with Crippen molar-refractivity contribution in [1.29, 1.82) is 0 Å². The van der Waals surface area contributed by atoms with E-state index >= 15 is 0 Å². The van der Waals surface area contributed by atoms with Crippen molar-refractivity contribution in [2.45, 2.75) is 0 Å². The van der Waals surface area contributed by atoms with E-state index in [0.717, 1.165) is 14.2 Å². The van der Waals surface area contributed by atoms with Crippen LogP contribution in [0, 0.1) is 0 Å². The minimum atomic E-state index is -2.85. The van der Waals surface area contributed by atoms with Crippen molar-refractivity contribution in [3.05, 3.63) is 0 Å². The van der Waals surface area contributed by atoms with Gasteiger partial charge in [-0.1, -0.05) is 0 Å². The Morgan fingerprint density at radius 2 is 1.36 bits per heavy atom. The van der Waals surface area contributed by atoms with Crippen LogP contribution < -0.4 is 0 Å². The second-order valence-corrected chi connectivity index (χ2v) is 3.06. The fraction of sp³-hybridized carbons (Fsp3) is 0.667. The Kier molecular flexibility index (Phi) is 7.00. The first kappa shape index (κ1) is 13.1. The molecule has 0 aromatic rings. The van der Waals surface area contributed by atoms with Gasteiger partial charge in [0.25, 0.3) is 0 Å². The summed E-state index contributed by atoms with van der Waals surface area (Å²) in [7, 11) is -0.522. The highest BCUT2D eigenvalue weighted by Crippen LogP contribution is 2.22. The van der Waals surface area contributed by atoms with Crippen molar-refractivity contribution >= 4 is 20.2 Å². The molecule has 0 rings (SSSR count). The van der Waals surface area contributed by atoms with Gasteiger partial charge in [0.1, 0.15) is 0 Å².